The van der Waals surface area contributed by atoms with Crippen LogP contribution in [-0.4, -0.2) is 31.4 Å². The van der Waals surface area contributed by atoms with E-state index in [1.807, 2.05) is 37.4 Å². The zero-order valence-electron chi connectivity index (χ0n) is 16.8. The van der Waals surface area contributed by atoms with Crippen LogP contribution in [-0.2, 0) is 0 Å². The number of rotatable bonds is 6. The summed E-state index contributed by atoms with van der Waals surface area (Å²) in [5.74, 6) is 2.58. The topological polar surface area (TPSA) is 115 Å². The molecule has 4 rings (SSSR count). The van der Waals surface area contributed by atoms with Crippen molar-refractivity contribution in [2.75, 3.05) is 17.3 Å². The first-order chi connectivity index (χ1) is 14.5. The fourth-order valence-electron chi connectivity index (χ4n) is 2.80. The molecule has 2 heterocycles. The minimum absolute atomic E-state index is 0.367. The number of ether oxygens (including phenoxy) is 1. The van der Waals surface area contributed by atoms with Crippen LogP contribution >= 0.6 is 11.8 Å². The Bertz CT molecular complexity index is 1170. The standard InChI is InChI=1S/C21H21N7OS/c1-12-4-5-13(2)16(10-12)23-20-26-19(27-28-20)14-6-8-15(9-7-14)29-18-11-17(22)24-21(25-18)30-3/h4-11H,1-3H3,(H2,22,24,25)(H2,23,26,27,28). The molecule has 0 unspecified atom stereocenters. The molecule has 0 saturated heterocycles. The first kappa shape index (κ1) is 19.7. The molecule has 0 amide bonds. The summed E-state index contributed by atoms with van der Waals surface area (Å²) in [6.07, 6.45) is 1.88. The molecule has 8 nitrogen and oxygen atoms in total. The number of hydrogen-bond acceptors (Lipinski definition) is 8. The highest BCUT2D eigenvalue weighted by atomic mass is 32.2. The van der Waals surface area contributed by atoms with Crippen LogP contribution in [0.5, 0.6) is 11.6 Å². The summed E-state index contributed by atoms with van der Waals surface area (Å²) in [5, 5.41) is 11.0. The Labute approximate surface area is 178 Å². The van der Waals surface area contributed by atoms with Crippen LogP contribution in [0.3, 0.4) is 0 Å². The normalized spacial score (nSPS) is 10.8. The lowest BCUT2D eigenvalue weighted by Gasteiger charge is -2.07. The van der Waals surface area contributed by atoms with Crippen LogP contribution in [0.2, 0.25) is 0 Å². The molecule has 0 spiro atoms. The van der Waals surface area contributed by atoms with E-state index in [1.54, 1.807) is 6.07 Å². The maximum absolute atomic E-state index is 5.80. The van der Waals surface area contributed by atoms with Crippen molar-refractivity contribution in [1.82, 2.24) is 25.1 Å². The summed E-state index contributed by atoms with van der Waals surface area (Å²) < 4.78 is 5.80. The molecule has 0 bridgehead atoms. The van der Waals surface area contributed by atoms with Gasteiger partial charge in [0.05, 0.1) is 0 Å². The quantitative estimate of drug-likeness (QED) is 0.304. The number of benzene rings is 2. The van der Waals surface area contributed by atoms with Crippen LogP contribution in [0.4, 0.5) is 17.5 Å². The Morgan fingerprint density at radius 3 is 2.57 bits per heavy atom. The van der Waals surface area contributed by atoms with E-state index in [2.05, 4.69) is 55.6 Å². The van der Waals surface area contributed by atoms with E-state index in [-0.39, 0.29) is 0 Å². The molecule has 4 N–H and O–H groups in total. The fourth-order valence-corrected chi connectivity index (χ4v) is 3.18. The van der Waals surface area contributed by atoms with Gasteiger partial charge in [-0.1, -0.05) is 23.9 Å². The van der Waals surface area contributed by atoms with Gasteiger partial charge in [0, 0.05) is 17.3 Å². The van der Waals surface area contributed by atoms with Crippen molar-refractivity contribution in [3.8, 4) is 23.0 Å². The number of nitrogens with zero attached hydrogens (tertiary/aromatic N) is 4. The number of thioether (sulfide) groups is 1. The third-order valence-electron chi connectivity index (χ3n) is 4.36. The molecule has 0 saturated carbocycles. The highest BCUT2D eigenvalue weighted by molar-refractivity contribution is 7.98. The second-order valence-corrected chi connectivity index (χ2v) is 7.47. The second kappa shape index (κ2) is 8.42. The van der Waals surface area contributed by atoms with Gasteiger partial charge in [0.2, 0.25) is 11.8 Å². The lowest BCUT2D eigenvalue weighted by Crippen LogP contribution is -1.97. The number of nitrogens with two attached hydrogens (primary N) is 1. The predicted octanol–water partition coefficient (Wildman–Crippen LogP) is 4.72. The average molecular weight is 420 g/mol. The SMILES string of the molecule is CSc1nc(N)cc(Oc2ccc(-c3nc(Nc4cc(C)ccc4C)n[nH]3)cc2)n1. The molecular formula is C21H21N7OS. The Morgan fingerprint density at radius 2 is 1.80 bits per heavy atom. The molecule has 2 aromatic heterocycles. The summed E-state index contributed by atoms with van der Waals surface area (Å²) in [7, 11) is 0. The van der Waals surface area contributed by atoms with Gasteiger partial charge in [0.15, 0.2) is 11.0 Å². The number of aryl methyl sites for hydroxylation is 2. The third-order valence-corrected chi connectivity index (χ3v) is 4.91. The zero-order valence-corrected chi connectivity index (χ0v) is 17.6. The zero-order chi connectivity index (χ0) is 21.1. The Hall–Kier alpha value is -3.59. The second-order valence-electron chi connectivity index (χ2n) is 6.70. The van der Waals surface area contributed by atoms with Crippen molar-refractivity contribution in [2.45, 2.75) is 19.0 Å². The Balaban J connectivity index is 1.48. The van der Waals surface area contributed by atoms with Crippen LogP contribution in [0.1, 0.15) is 11.1 Å². The molecule has 30 heavy (non-hydrogen) atoms. The van der Waals surface area contributed by atoms with E-state index in [4.69, 9.17) is 10.5 Å². The van der Waals surface area contributed by atoms with Crippen molar-refractivity contribution in [1.29, 1.82) is 0 Å². The summed E-state index contributed by atoms with van der Waals surface area (Å²) in [5.41, 5.74) is 9.96. The number of anilines is 3. The number of hydrogen-bond donors (Lipinski definition) is 3. The monoisotopic (exact) mass is 419 g/mol. The highest BCUT2D eigenvalue weighted by Gasteiger charge is 2.09. The maximum Gasteiger partial charge on any atom is 0.246 e. The molecule has 0 aliphatic carbocycles. The molecule has 0 aliphatic heterocycles. The van der Waals surface area contributed by atoms with Crippen LogP contribution in [0, 0.1) is 13.8 Å². The molecule has 0 atom stereocenters. The maximum atomic E-state index is 5.80. The Morgan fingerprint density at radius 1 is 1.00 bits per heavy atom. The van der Waals surface area contributed by atoms with Gasteiger partial charge >= 0.3 is 0 Å². The van der Waals surface area contributed by atoms with Crippen molar-refractivity contribution in [2.24, 2.45) is 0 Å². The molecule has 4 aromatic rings. The van der Waals surface area contributed by atoms with Gasteiger partial charge in [-0.25, -0.2) is 4.98 Å². The van der Waals surface area contributed by atoms with Gasteiger partial charge in [-0.05, 0) is 61.6 Å². The molecule has 0 aliphatic rings. The predicted molar refractivity (Wildman–Crippen MR) is 119 cm³/mol. The first-order valence-electron chi connectivity index (χ1n) is 9.23. The van der Waals surface area contributed by atoms with E-state index in [9.17, 15) is 0 Å². The first-order valence-corrected chi connectivity index (χ1v) is 10.5. The van der Waals surface area contributed by atoms with Crippen LogP contribution in [0.25, 0.3) is 11.4 Å². The number of aromatic amines is 1. The smallest absolute Gasteiger partial charge is 0.246 e. The minimum atomic E-state index is 0.367. The molecule has 152 valence electrons. The average Bonchev–Trinajstić information content (AvgIpc) is 3.19. The number of H-pyrrole nitrogens is 1. The van der Waals surface area contributed by atoms with Crippen molar-refractivity contribution < 1.29 is 4.74 Å². The highest BCUT2D eigenvalue weighted by Crippen LogP contribution is 2.26. The Kier molecular flexibility index (Phi) is 5.53. The number of aromatic nitrogens is 5. The number of nitrogen functional groups attached to an aromatic ring is 1. The number of nitrogens with one attached hydrogen (secondary N) is 2. The third kappa shape index (κ3) is 4.52. The molecular weight excluding hydrogens is 398 g/mol. The lowest BCUT2D eigenvalue weighted by atomic mass is 10.1. The summed E-state index contributed by atoms with van der Waals surface area (Å²) in [6.45, 7) is 4.09. The molecule has 9 heteroatoms. The van der Waals surface area contributed by atoms with Gasteiger partial charge in [-0.3, -0.25) is 5.10 Å². The summed E-state index contributed by atoms with van der Waals surface area (Å²) in [6, 6.07) is 15.3. The van der Waals surface area contributed by atoms with E-state index in [1.165, 1.54) is 17.3 Å². The largest absolute Gasteiger partial charge is 0.439 e. The van der Waals surface area contributed by atoms with Gasteiger partial charge in [-0.2, -0.15) is 9.97 Å². The van der Waals surface area contributed by atoms with Gasteiger partial charge in [0.1, 0.15) is 11.6 Å². The minimum Gasteiger partial charge on any atom is -0.439 e. The van der Waals surface area contributed by atoms with E-state index < -0.39 is 0 Å². The summed E-state index contributed by atoms with van der Waals surface area (Å²) in [4.78, 5) is 12.9. The van der Waals surface area contributed by atoms with E-state index in [0.29, 0.717) is 34.4 Å². The van der Waals surface area contributed by atoms with Crippen molar-refractivity contribution in [3.05, 3.63) is 59.7 Å². The van der Waals surface area contributed by atoms with Crippen LogP contribution in [0.15, 0.2) is 53.7 Å². The van der Waals surface area contributed by atoms with Crippen LogP contribution < -0.4 is 15.8 Å². The molecule has 0 radical (unpaired) electrons. The van der Waals surface area contributed by atoms with E-state index in [0.717, 1.165) is 16.8 Å². The van der Waals surface area contributed by atoms with Gasteiger partial charge in [0.25, 0.3) is 0 Å². The molecule has 2 aromatic carbocycles. The fraction of sp³-hybridized carbons (Fsp3) is 0.143. The van der Waals surface area contributed by atoms with Crippen molar-refractivity contribution >= 4 is 29.2 Å². The van der Waals surface area contributed by atoms with Gasteiger partial charge < -0.3 is 15.8 Å². The van der Waals surface area contributed by atoms with Gasteiger partial charge in [-0.15, -0.1) is 5.10 Å². The molecule has 0 fully saturated rings. The summed E-state index contributed by atoms with van der Waals surface area (Å²) >= 11 is 1.40. The van der Waals surface area contributed by atoms with E-state index >= 15 is 0 Å². The lowest BCUT2D eigenvalue weighted by molar-refractivity contribution is 0.456. The van der Waals surface area contributed by atoms with Crippen molar-refractivity contribution in [3.63, 3.8) is 0 Å².